The molecule has 128 valence electrons. The van der Waals surface area contributed by atoms with E-state index in [4.69, 9.17) is 9.47 Å². The van der Waals surface area contributed by atoms with Gasteiger partial charge in [0.25, 0.3) is 5.56 Å². The van der Waals surface area contributed by atoms with Crippen LogP contribution in [0, 0.1) is 5.41 Å². The summed E-state index contributed by atoms with van der Waals surface area (Å²) in [5.41, 5.74) is 0.0107. The third kappa shape index (κ3) is 3.94. The molecule has 0 bridgehead atoms. The quantitative estimate of drug-likeness (QED) is 0.914. The zero-order chi connectivity index (χ0) is 17.9. The second-order valence-corrected chi connectivity index (χ2v) is 7.35. The highest BCUT2D eigenvalue weighted by Gasteiger charge is 2.18. The molecule has 0 radical (unpaired) electrons. The molecule has 1 aromatic heterocycles. The number of hydrogen-bond donors (Lipinski definition) is 1. The molecule has 0 atom stereocenters. The molecule has 0 unspecified atom stereocenters. The van der Waals surface area contributed by atoms with Crippen molar-refractivity contribution in [1.82, 2.24) is 4.98 Å². The number of thiazole rings is 1. The van der Waals surface area contributed by atoms with Crippen molar-refractivity contribution in [3.63, 3.8) is 0 Å². The average Bonchev–Trinajstić information content (AvgIpc) is 2.85. The Bertz CT molecular complexity index is 916. The van der Waals surface area contributed by atoms with E-state index >= 15 is 0 Å². The molecule has 0 aliphatic heterocycles. The molecule has 0 aliphatic rings. The van der Waals surface area contributed by atoms with Crippen molar-refractivity contribution in [3.05, 3.63) is 43.3 Å². The van der Waals surface area contributed by atoms with E-state index in [0.29, 0.717) is 20.7 Å². The fraction of sp³-hybridized carbons (Fsp3) is 0.333. The number of carbonyl (C=O) groups excluding carboxylic acids is 1. The van der Waals surface area contributed by atoms with Gasteiger partial charge in [-0.2, -0.15) is 0 Å². The molecule has 2 rings (SSSR count). The number of carbonyl (C=O) groups is 1. The predicted octanol–water partition coefficient (Wildman–Crippen LogP) is 1.68. The lowest BCUT2D eigenvalue weighted by Crippen LogP contribution is -2.22. The molecular formula is C18H21NO4S. The molecule has 0 spiro atoms. The molecule has 6 heteroatoms. The van der Waals surface area contributed by atoms with Crippen LogP contribution in [0.3, 0.4) is 0 Å². The largest absolute Gasteiger partial charge is 0.493 e. The topological polar surface area (TPSA) is 68.4 Å². The predicted molar refractivity (Wildman–Crippen MR) is 96.2 cm³/mol. The van der Waals surface area contributed by atoms with Crippen LogP contribution in [0.4, 0.5) is 0 Å². The normalized spacial score (nSPS) is 13.2. The lowest BCUT2D eigenvalue weighted by molar-refractivity contribution is -0.119. The van der Waals surface area contributed by atoms with E-state index in [1.807, 2.05) is 32.9 Å². The van der Waals surface area contributed by atoms with E-state index in [0.717, 1.165) is 5.56 Å². The smallest absolute Gasteiger partial charge is 0.266 e. The summed E-state index contributed by atoms with van der Waals surface area (Å²) in [6, 6.07) is 5.45. The van der Waals surface area contributed by atoms with Crippen LogP contribution in [0.2, 0.25) is 0 Å². The average molecular weight is 347 g/mol. The zero-order valence-electron chi connectivity index (χ0n) is 14.4. The number of para-hydroxylation sites is 1. The van der Waals surface area contributed by atoms with Crippen molar-refractivity contribution in [2.24, 2.45) is 5.41 Å². The van der Waals surface area contributed by atoms with Gasteiger partial charge in [0.2, 0.25) is 0 Å². The molecule has 0 aliphatic carbocycles. The SMILES string of the molecule is COc1cccc(C=c2sc(=CC(=O)C(C)(C)C)[nH]c2=O)c1OC. The summed E-state index contributed by atoms with van der Waals surface area (Å²) in [5, 5.41) is 0. The third-order valence-corrected chi connectivity index (χ3v) is 4.36. The van der Waals surface area contributed by atoms with E-state index < -0.39 is 5.41 Å². The highest BCUT2D eigenvalue weighted by atomic mass is 32.1. The molecule has 0 fully saturated rings. The van der Waals surface area contributed by atoms with Gasteiger partial charge in [-0.25, -0.2) is 0 Å². The van der Waals surface area contributed by atoms with Gasteiger partial charge >= 0.3 is 0 Å². The summed E-state index contributed by atoms with van der Waals surface area (Å²) < 4.78 is 11.7. The number of Topliss-reactive ketones (excluding diaryl/α,β-unsaturated/α-hetero) is 1. The number of rotatable bonds is 4. The van der Waals surface area contributed by atoms with E-state index in [-0.39, 0.29) is 11.3 Å². The molecule has 24 heavy (non-hydrogen) atoms. The molecule has 0 saturated heterocycles. The zero-order valence-corrected chi connectivity index (χ0v) is 15.2. The van der Waals surface area contributed by atoms with Gasteiger partial charge in [-0.1, -0.05) is 32.9 Å². The van der Waals surface area contributed by atoms with Crippen molar-refractivity contribution in [1.29, 1.82) is 0 Å². The van der Waals surface area contributed by atoms with E-state index in [2.05, 4.69) is 4.98 Å². The van der Waals surface area contributed by atoms with Crippen molar-refractivity contribution in [3.8, 4) is 11.5 Å². The third-order valence-electron chi connectivity index (χ3n) is 3.40. The van der Waals surface area contributed by atoms with Gasteiger partial charge in [-0.05, 0) is 12.1 Å². The molecule has 2 aromatic rings. The van der Waals surface area contributed by atoms with Crippen LogP contribution in [0.25, 0.3) is 12.2 Å². The Labute approximate surface area is 144 Å². The molecule has 1 heterocycles. The standard InChI is InChI=1S/C18H21NO4S/c1-18(2,3)14(20)10-15-19-17(21)13(24-15)9-11-7-6-8-12(22-4)16(11)23-5/h6-10H,1-5H3,(H,19,21). The summed E-state index contributed by atoms with van der Waals surface area (Å²) in [6.45, 7) is 5.52. The van der Waals surface area contributed by atoms with Crippen molar-refractivity contribution in [2.75, 3.05) is 14.2 Å². The molecule has 0 saturated carbocycles. The maximum Gasteiger partial charge on any atom is 0.266 e. The number of aromatic amines is 1. The molecule has 0 amide bonds. The minimum Gasteiger partial charge on any atom is -0.493 e. The van der Waals surface area contributed by atoms with Crippen molar-refractivity contribution >= 4 is 29.3 Å². The summed E-state index contributed by atoms with van der Waals surface area (Å²) in [7, 11) is 3.11. The van der Waals surface area contributed by atoms with Crippen LogP contribution < -0.4 is 24.2 Å². The van der Waals surface area contributed by atoms with Gasteiger partial charge < -0.3 is 14.5 Å². The van der Waals surface area contributed by atoms with Crippen LogP contribution in [0.5, 0.6) is 11.5 Å². The van der Waals surface area contributed by atoms with Crippen molar-refractivity contribution in [2.45, 2.75) is 20.8 Å². The van der Waals surface area contributed by atoms with Crippen LogP contribution >= 0.6 is 11.3 Å². The Kier molecular flexibility index (Phi) is 5.29. The second kappa shape index (κ2) is 7.05. The van der Waals surface area contributed by atoms with E-state index in [9.17, 15) is 9.59 Å². The highest BCUT2D eigenvalue weighted by Crippen LogP contribution is 2.30. The van der Waals surface area contributed by atoms with E-state index in [1.165, 1.54) is 17.4 Å². The molecule has 1 aromatic carbocycles. The van der Waals surface area contributed by atoms with Crippen LogP contribution in [-0.4, -0.2) is 25.0 Å². The number of methoxy groups -OCH3 is 2. The van der Waals surface area contributed by atoms with Gasteiger partial charge in [-0.15, -0.1) is 11.3 Å². The first-order chi connectivity index (χ1) is 11.3. The number of ether oxygens (including phenoxy) is 2. The Morgan fingerprint density at radius 2 is 1.92 bits per heavy atom. The fourth-order valence-corrected chi connectivity index (χ4v) is 2.90. The number of nitrogens with one attached hydrogen (secondary N) is 1. The van der Waals surface area contributed by atoms with Crippen LogP contribution in [0.1, 0.15) is 26.3 Å². The van der Waals surface area contributed by atoms with Crippen LogP contribution in [-0.2, 0) is 4.79 Å². The number of H-pyrrole nitrogens is 1. The maximum atomic E-state index is 12.1. The van der Waals surface area contributed by atoms with E-state index in [1.54, 1.807) is 26.4 Å². The number of ketones is 1. The van der Waals surface area contributed by atoms with Gasteiger partial charge in [0.15, 0.2) is 17.3 Å². The summed E-state index contributed by atoms with van der Waals surface area (Å²) in [4.78, 5) is 26.9. The minimum atomic E-state index is -0.485. The Morgan fingerprint density at radius 1 is 1.21 bits per heavy atom. The number of benzene rings is 1. The Hall–Kier alpha value is -2.34. The summed E-state index contributed by atoms with van der Waals surface area (Å²) in [6.07, 6.45) is 3.20. The minimum absolute atomic E-state index is 0.0366. The first-order valence-electron chi connectivity index (χ1n) is 7.44. The van der Waals surface area contributed by atoms with Gasteiger partial charge in [0.1, 0.15) is 0 Å². The fourth-order valence-electron chi connectivity index (χ4n) is 2.03. The second-order valence-electron chi connectivity index (χ2n) is 6.27. The highest BCUT2D eigenvalue weighted by molar-refractivity contribution is 7.07. The number of hydrogen-bond acceptors (Lipinski definition) is 5. The maximum absolute atomic E-state index is 12.1. The van der Waals surface area contributed by atoms with Crippen molar-refractivity contribution < 1.29 is 14.3 Å². The number of aromatic nitrogens is 1. The lowest BCUT2D eigenvalue weighted by atomic mass is 9.91. The van der Waals surface area contributed by atoms with Gasteiger partial charge in [-0.3, -0.25) is 9.59 Å². The first kappa shape index (κ1) is 18.0. The van der Waals surface area contributed by atoms with Gasteiger partial charge in [0, 0.05) is 17.1 Å². The molecular weight excluding hydrogens is 326 g/mol. The molecule has 5 nitrogen and oxygen atoms in total. The van der Waals surface area contributed by atoms with Gasteiger partial charge in [0.05, 0.1) is 23.4 Å². The summed E-state index contributed by atoms with van der Waals surface area (Å²) >= 11 is 1.24. The Balaban J connectivity index is 2.56. The lowest BCUT2D eigenvalue weighted by Gasteiger charge is -2.12. The monoisotopic (exact) mass is 347 g/mol. The Morgan fingerprint density at radius 3 is 2.50 bits per heavy atom. The molecule has 1 N–H and O–H groups in total. The first-order valence-corrected chi connectivity index (χ1v) is 8.26. The van der Waals surface area contributed by atoms with Crippen LogP contribution in [0.15, 0.2) is 23.0 Å². The summed E-state index contributed by atoms with van der Waals surface area (Å²) in [5.74, 6) is 1.11.